The number of hydrogen-bond acceptors (Lipinski definition) is 2. The summed E-state index contributed by atoms with van der Waals surface area (Å²) in [5.41, 5.74) is 0.915. The van der Waals surface area contributed by atoms with Crippen molar-refractivity contribution in [2.75, 3.05) is 5.32 Å². The lowest BCUT2D eigenvalue weighted by Crippen LogP contribution is -2.26. The van der Waals surface area contributed by atoms with Gasteiger partial charge in [0.05, 0.1) is 0 Å². The van der Waals surface area contributed by atoms with E-state index in [1.54, 1.807) is 25.1 Å². The van der Waals surface area contributed by atoms with Gasteiger partial charge in [0.2, 0.25) is 5.91 Å². The molecule has 1 heterocycles. The van der Waals surface area contributed by atoms with Gasteiger partial charge in [-0.2, -0.15) is 0 Å². The summed E-state index contributed by atoms with van der Waals surface area (Å²) in [4.78, 5) is 23.3. The molecule has 4 nitrogen and oxygen atoms in total. The van der Waals surface area contributed by atoms with Crippen molar-refractivity contribution < 1.29 is 9.18 Å². The molecular weight excluding hydrogens is 247 g/mol. The Hall–Kier alpha value is -2.43. The van der Waals surface area contributed by atoms with E-state index in [-0.39, 0.29) is 18.0 Å². The van der Waals surface area contributed by atoms with E-state index in [1.165, 1.54) is 29.0 Å². The van der Waals surface area contributed by atoms with Crippen molar-refractivity contribution in [3.05, 3.63) is 64.3 Å². The van der Waals surface area contributed by atoms with Crippen LogP contribution in [0.5, 0.6) is 0 Å². The second-order valence-corrected chi connectivity index (χ2v) is 4.17. The lowest BCUT2D eigenvalue weighted by molar-refractivity contribution is -0.116. The Morgan fingerprint density at radius 1 is 1.32 bits per heavy atom. The molecule has 0 bridgehead atoms. The van der Waals surface area contributed by atoms with Crippen LogP contribution in [0.25, 0.3) is 0 Å². The Morgan fingerprint density at radius 3 is 2.84 bits per heavy atom. The van der Waals surface area contributed by atoms with Crippen molar-refractivity contribution in [1.29, 1.82) is 0 Å². The zero-order valence-electron chi connectivity index (χ0n) is 10.4. The molecule has 19 heavy (non-hydrogen) atoms. The molecule has 98 valence electrons. The third kappa shape index (κ3) is 3.28. The normalized spacial score (nSPS) is 10.2. The molecule has 0 aliphatic heterocycles. The summed E-state index contributed by atoms with van der Waals surface area (Å²) < 4.78 is 14.4. The van der Waals surface area contributed by atoms with E-state index in [0.717, 1.165) is 5.56 Å². The van der Waals surface area contributed by atoms with Crippen molar-refractivity contribution in [3.8, 4) is 0 Å². The van der Waals surface area contributed by atoms with E-state index in [2.05, 4.69) is 5.32 Å². The predicted molar refractivity (Wildman–Crippen MR) is 70.5 cm³/mol. The minimum absolute atomic E-state index is 0.102. The van der Waals surface area contributed by atoms with Crippen molar-refractivity contribution in [1.82, 2.24) is 4.57 Å². The van der Waals surface area contributed by atoms with E-state index in [9.17, 15) is 14.0 Å². The molecule has 0 unspecified atom stereocenters. The van der Waals surface area contributed by atoms with Crippen molar-refractivity contribution in [2.24, 2.45) is 0 Å². The number of aromatic nitrogens is 1. The standard InChI is InChI=1S/C14H13FN2O2/c1-10-5-6-11(15)8-12(10)16-13(18)9-17-7-3-2-4-14(17)19/h2-8H,9H2,1H3,(H,16,18). The maximum Gasteiger partial charge on any atom is 0.250 e. The monoisotopic (exact) mass is 260 g/mol. The van der Waals surface area contributed by atoms with Crippen LogP contribution in [0.1, 0.15) is 5.56 Å². The molecule has 0 radical (unpaired) electrons. The van der Waals surface area contributed by atoms with Crippen molar-refractivity contribution in [2.45, 2.75) is 13.5 Å². The molecule has 0 saturated heterocycles. The number of carbonyl (C=O) groups excluding carboxylic acids is 1. The van der Waals surface area contributed by atoms with Crippen LogP contribution in [0, 0.1) is 12.7 Å². The molecule has 0 aliphatic rings. The lowest BCUT2D eigenvalue weighted by atomic mass is 10.2. The number of nitrogens with zero attached hydrogens (tertiary/aromatic N) is 1. The second kappa shape index (κ2) is 5.48. The van der Waals surface area contributed by atoms with Gasteiger partial charge in [-0.15, -0.1) is 0 Å². The Morgan fingerprint density at radius 2 is 2.11 bits per heavy atom. The average Bonchev–Trinajstić information content (AvgIpc) is 2.37. The smallest absolute Gasteiger partial charge is 0.250 e. The fourth-order valence-corrected chi connectivity index (χ4v) is 1.66. The van der Waals surface area contributed by atoms with Crippen LogP contribution in [0.2, 0.25) is 0 Å². The number of halogens is 1. The molecule has 2 rings (SSSR count). The number of carbonyl (C=O) groups is 1. The summed E-state index contributed by atoms with van der Waals surface area (Å²) in [6.07, 6.45) is 1.53. The first-order valence-electron chi connectivity index (χ1n) is 5.78. The van der Waals surface area contributed by atoms with E-state index < -0.39 is 5.82 Å². The highest BCUT2D eigenvalue weighted by atomic mass is 19.1. The molecule has 2 aromatic rings. The van der Waals surface area contributed by atoms with Gasteiger partial charge in [-0.3, -0.25) is 9.59 Å². The largest absolute Gasteiger partial charge is 0.324 e. The zero-order valence-corrected chi connectivity index (χ0v) is 10.4. The highest BCUT2D eigenvalue weighted by Gasteiger charge is 2.07. The van der Waals surface area contributed by atoms with Crippen LogP contribution in [0.3, 0.4) is 0 Å². The molecule has 1 aromatic heterocycles. The Kier molecular flexibility index (Phi) is 3.75. The highest BCUT2D eigenvalue weighted by Crippen LogP contribution is 2.15. The number of aryl methyl sites for hydroxylation is 1. The number of hydrogen-bond donors (Lipinski definition) is 1. The van der Waals surface area contributed by atoms with Gasteiger partial charge >= 0.3 is 0 Å². The summed E-state index contributed by atoms with van der Waals surface area (Å²) in [5.74, 6) is -0.792. The van der Waals surface area contributed by atoms with Crippen LogP contribution >= 0.6 is 0 Å². The Bertz CT molecular complexity index is 664. The van der Waals surface area contributed by atoms with Crippen LogP contribution in [0.15, 0.2) is 47.4 Å². The number of benzene rings is 1. The number of amides is 1. The summed E-state index contributed by atoms with van der Waals surface area (Å²) in [6.45, 7) is 1.67. The third-order valence-electron chi connectivity index (χ3n) is 2.69. The molecular formula is C14H13FN2O2. The zero-order chi connectivity index (χ0) is 13.8. The first kappa shape index (κ1) is 13.0. The number of rotatable bonds is 3. The summed E-state index contributed by atoms with van der Waals surface area (Å²) in [7, 11) is 0. The summed E-state index contributed by atoms with van der Waals surface area (Å²) >= 11 is 0. The minimum atomic E-state index is -0.419. The first-order valence-corrected chi connectivity index (χ1v) is 5.78. The molecule has 5 heteroatoms. The van der Waals surface area contributed by atoms with E-state index in [4.69, 9.17) is 0 Å². The van der Waals surface area contributed by atoms with Crippen LogP contribution in [-0.4, -0.2) is 10.5 Å². The van der Waals surface area contributed by atoms with E-state index in [1.807, 2.05) is 0 Å². The Balaban J connectivity index is 2.12. The Labute approximate surface area is 109 Å². The molecule has 1 N–H and O–H groups in total. The van der Waals surface area contributed by atoms with Gasteiger partial charge in [-0.05, 0) is 30.7 Å². The predicted octanol–water partition coefficient (Wildman–Crippen LogP) is 1.93. The quantitative estimate of drug-likeness (QED) is 0.916. The fraction of sp³-hybridized carbons (Fsp3) is 0.143. The van der Waals surface area contributed by atoms with Gasteiger partial charge in [0.25, 0.3) is 5.56 Å². The number of anilines is 1. The minimum Gasteiger partial charge on any atom is -0.324 e. The third-order valence-corrected chi connectivity index (χ3v) is 2.69. The molecule has 1 aromatic carbocycles. The van der Waals surface area contributed by atoms with Crippen LogP contribution < -0.4 is 10.9 Å². The molecule has 0 fully saturated rings. The summed E-state index contributed by atoms with van der Waals surface area (Å²) in [5, 5.41) is 2.59. The van der Waals surface area contributed by atoms with Gasteiger partial charge in [0.15, 0.2) is 0 Å². The van der Waals surface area contributed by atoms with Crippen LogP contribution in [0.4, 0.5) is 10.1 Å². The molecule has 0 atom stereocenters. The lowest BCUT2D eigenvalue weighted by Gasteiger charge is -2.09. The molecule has 0 spiro atoms. The number of nitrogens with one attached hydrogen (secondary N) is 1. The van der Waals surface area contributed by atoms with Gasteiger partial charge in [-0.1, -0.05) is 12.1 Å². The van der Waals surface area contributed by atoms with Gasteiger partial charge in [-0.25, -0.2) is 4.39 Å². The molecule has 0 aliphatic carbocycles. The number of pyridine rings is 1. The fourth-order valence-electron chi connectivity index (χ4n) is 1.66. The van der Waals surface area contributed by atoms with Crippen molar-refractivity contribution in [3.63, 3.8) is 0 Å². The molecule has 1 amide bonds. The van der Waals surface area contributed by atoms with E-state index in [0.29, 0.717) is 5.69 Å². The SMILES string of the molecule is Cc1ccc(F)cc1NC(=O)Cn1ccccc1=O. The summed E-state index contributed by atoms with van der Waals surface area (Å²) in [6, 6.07) is 8.81. The average molecular weight is 260 g/mol. The van der Waals surface area contributed by atoms with Gasteiger partial charge < -0.3 is 9.88 Å². The second-order valence-electron chi connectivity index (χ2n) is 4.17. The first-order chi connectivity index (χ1) is 9.06. The maximum absolute atomic E-state index is 13.1. The van der Waals surface area contributed by atoms with Crippen LogP contribution in [-0.2, 0) is 11.3 Å². The van der Waals surface area contributed by atoms with Gasteiger partial charge in [0, 0.05) is 18.0 Å². The van der Waals surface area contributed by atoms with Crippen molar-refractivity contribution >= 4 is 11.6 Å². The van der Waals surface area contributed by atoms with E-state index >= 15 is 0 Å². The maximum atomic E-state index is 13.1. The topological polar surface area (TPSA) is 51.1 Å². The van der Waals surface area contributed by atoms with Gasteiger partial charge in [0.1, 0.15) is 12.4 Å². The highest BCUT2D eigenvalue weighted by molar-refractivity contribution is 5.91. The molecule has 0 saturated carbocycles.